The minimum absolute atomic E-state index is 0.159. The van der Waals surface area contributed by atoms with E-state index in [2.05, 4.69) is 5.32 Å². The van der Waals surface area contributed by atoms with Crippen molar-refractivity contribution in [2.45, 2.75) is 19.5 Å². The molecule has 1 amide bonds. The molecule has 0 aliphatic carbocycles. The first-order chi connectivity index (χ1) is 6.45. The van der Waals surface area contributed by atoms with E-state index in [0.29, 0.717) is 11.1 Å². The van der Waals surface area contributed by atoms with Crippen molar-refractivity contribution in [1.82, 2.24) is 5.32 Å². The molecule has 0 radical (unpaired) electrons. The van der Waals surface area contributed by atoms with E-state index < -0.39 is 5.67 Å². The molecule has 0 aliphatic heterocycles. The molecule has 0 unspecified atom stereocenters. The van der Waals surface area contributed by atoms with Gasteiger partial charge < -0.3 is 5.32 Å². The van der Waals surface area contributed by atoms with Crippen LogP contribution in [0, 0.1) is 0 Å². The Morgan fingerprint density at radius 3 is 2.14 bits per heavy atom. The van der Waals surface area contributed by atoms with Crippen LogP contribution in [0.25, 0.3) is 0 Å². The standard InChI is InChI=1S/C11H14FNO/c1-11(2,12)9-6-4-8(5-7-9)10(14)13-3/h4-7H,1-3H3,(H,13,14). The van der Waals surface area contributed by atoms with Crippen LogP contribution in [0.2, 0.25) is 0 Å². The van der Waals surface area contributed by atoms with E-state index in [9.17, 15) is 9.18 Å². The van der Waals surface area contributed by atoms with Crippen LogP contribution in [0.3, 0.4) is 0 Å². The summed E-state index contributed by atoms with van der Waals surface area (Å²) in [4.78, 5) is 11.2. The van der Waals surface area contributed by atoms with Crippen molar-refractivity contribution in [3.05, 3.63) is 35.4 Å². The fourth-order valence-corrected chi connectivity index (χ4v) is 1.16. The van der Waals surface area contributed by atoms with Gasteiger partial charge in [0.1, 0.15) is 5.67 Å². The van der Waals surface area contributed by atoms with Gasteiger partial charge in [0.25, 0.3) is 5.91 Å². The number of hydrogen-bond donors (Lipinski definition) is 1. The molecule has 3 heteroatoms. The molecule has 0 atom stereocenters. The van der Waals surface area contributed by atoms with Crippen LogP contribution < -0.4 is 5.32 Å². The lowest BCUT2D eigenvalue weighted by Gasteiger charge is -2.14. The summed E-state index contributed by atoms with van der Waals surface area (Å²) >= 11 is 0. The molecule has 0 aliphatic rings. The van der Waals surface area contributed by atoms with Gasteiger partial charge in [0.2, 0.25) is 0 Å². The number of alkyl halides is 1. The molecule has 1 rings (SSSR count). The third-order valence-electron chi connectivity index (χ3n) is 2.06. The molecule has 0 bridgehead atoms. The summed E-state index contributed by atoms with van der Waals surface area (Å²) < 4.78 is 13.4. The van der Waals surface area contributed by atoms with Gasteiger partial charge in [0.15, 0.2) is 0 Å². The Bertz CT molecular complexity index is 324. The van der Waals surface area contributed by atoms with Crippen LogP contribution in [0.5, 0.6) is 0 Å². The Labute approximate surface area is 83.1 Å². The molecule has 76 valence electrons. The second kappa shape index (κ2) is 3.78. The highest BCUT2D eigenvalue weighted by Gasteiger charge is 2.18. The molecular formula is C11H14FNO. The summed E-state index contributed by atoms with van der Waals surface area (Å²) in [6, 6.07) is 6.50. The largest absolute Gasteiger partial charge is 0.355 e. The van der Waals surface area contributed by atoms with Crippen molar-refractivity contribution in [2.75, 3.05) is 7.05 Å². The van der Waals surface area contributed by atoms with Gasteiger partial charge in [-0.15, -0.1) is 0 Å². The average molecular weight is 195 g/mol. The number of rotatable bonds is 2. The normalized spacial score (nSPS) is 11.1. The van der Waals surface area contributed by atoms with Gasteiger partial charge in [-0.2, -0.15) is 0 Å². The molecule has 2 nitrogen and oxygen atoms in total. The smallest absolute Gasteiger partial charge is 0.251 e. The highest BCUT2D eigenvalue weighted by Crippen LogP contribution is 2.24. The van der Waals surface area contributed by atoms with Gasteiger partial charge >= 0.3 is 0 Å². The van der Waals surface area contributed by atoms with E-state index >= 15 is 0 Å². The fraction of sp³-hybridized carbons (Fsp3) is 0.364. The van der Waals surface area contributed by atoms with Crippen LogP contribution in [-0.2, 0) is 5.67 Å². The van der Waals surface area contributed by atoms with Crippen molar-refractivity contribution in [2.24, 2.45) is 0 Å². The summed E-state index contributed by atoms with van der Waals surface area (Å²) in [6.07, 6.45) is 0. The lowest BCUT2D eigenvalue weighted by Crippen LogP contribution is -2.18. The number of amides is 1. The number of halogens is 1. The van der Waals surface area contributed by atoms with Crippen LogP contribution in [0.15, 0.2) is 24.3 Å². The second-order valence-electron chi connectivity index (χ2n) is 3.63. The van der Waals surface area contributed by atoms with Crippen LogP contribution in [0.4, 0.5) is 4.39 Å². The first kappa shape index (κ1) is 10.7. The van der Waals surface area contributed by atoms with E-state index in [1.165, 1.54) is 13.8 Å². The topological polar surface area (TPSA) is 29.1 Å². The SMILES string of the molecule is CNC(=O)c1ccc(C(C)(C)F)cc1. The fourth-order valence-electron chi connectivity index (χ4n) is 1.16. The van der Waals surface area contributed by atoms with Crippen LogP contribution >= 0.6 is 0 Å². The van der Waals surface area contributed by atoms with Crippen molar-refractivity contribution >= 4 is 5.91 Å². The third kappa shape index (κ3) is 2.31. The first-order valence-corrected chi connectivity index (χ1v) is 4.46. The summed E-state index contributed by atoms with van der Waals surface area (Å²) in [5, 5.41) is 2.51. The van der Waals surface area contributed by atoms with Gasteiger partial charge in [0.05, 0.1) is 0 Å². The molecule has 14 heavy (non-hydrogen) atoms. The van der Waals surface area contributed by atoms with Gasteiger partial charge in [-0.3, -0.25) is 4.79 Å². The van der Waals surface area contributed by atoms with Gasteiger partial charge in [-0.25, -0.2) is 4.39 Å². The first-order valence-electron chi connectivity index (χ1n) is 4.46. The zero-order valence-electron chi connectivity index (χ0n) is 8.60. The van der Waals surface area contributed by atoms with Gasteiger partial charge in [0, 0.05) is 12.6 Å². The zero-order chi connectivity index (χ0) is 10.8. The maximum atomic E-state index is 13.4. The quantitative estimate of drug-likeness (QED) is 0.770. The predicted molar refractivity (Wildman–Crippen MR) is 54.0 cm³/mol. The Morgan fingerprint density at radius 1 is 1.29 bits per heavy atom. The summed E-state index contributed by atoms with van der Waals surface area (Å²) in [5.74, 6) is -0.159. The molecule has 0 spiro atoms. The van der Waals surface area contributed by atoms with E-state index in [0.717, 1.165) is 0 Å². The zero-order valence-corrected chi connectivity index (χ0v) is 8.60. The van der Waals surface area contributed by atoms with E-state index in [4.69, 9.17) is 0 Å². The van der Waals surface area contributed by atoms with E-state index in [1.54, 1.807) is 31.3 Å². The summed E-state index contributed by atoms with van der Waals surface area (Å²) in [5.41, 5.74) is -0.244. The lowest BCUT2D eigenvalue weighted by molar-refractivity contribution is 0.0963. The van der Waals surface area contributed by atoms with Crippen LogP contribution in [0.1, 0.15) is 29.8 Å². The summed E-state index contributed by atoms with van der Waals surface area (Å²) in [6.45, 7) is 2.98. The Morgan fingerprint density at radius 2 is 1.79 bits per heavy atom. The Balaban J connectivity index is 2.95. The molecule has 0 saturated heterocycles. The van der Waals surface area contributed by atoms with E-state index in [1.807, 2.05) is 0 Å². The average Bonchev–Trinajstić information content (AvgIpc) is 2.15. The molecule has 1 aromatic rings. The number of carbonyl (C=O) groups is 1. The molecule has 1 N–H and O–H groups in total. The molecule has 0 saturated carbocycles. The van der Waals surface area contributed by atoms with E-state index in [-0.39, 0.29) is 5.91 Å². The van der Waals surface area contributed by atoms with Gasteiger partial charge in [-0.05, 0) is 31.5 Å². The Kier molecular flexibility index (Phi) is 2.89. The Hall–Kier alpha value is -1.38. The number of hydrogen-bond acceptors (Lipinski definition) is 1. The second-order valence-corrected chi connectivity index (χ2v) is 3.63. The van der Waals surface area contributed by atoms with Gasteiger partial charge in [-0.1, -0.05) is 12.1 Å². The number of carbonyl (C=O) groups excluding carboxylic acids is 1. The molecular weight excluding hydrogens is 181 g/mol. The lowest BCUT2D eigenvalue weighted by atomic mass is 9.99. The monoisotopic (exact) mass is 195 g/mol. The minimum Gasteiger partial charge on any atom is -0.355 e. The number of benzene rings is 1. The number of nitrogens with one attached hydrogen (secondary N) is 1. The van der Waals surface area contributed by atoms with Crippen molar-refractivity contribution in [1.29, 1.82) is 0 Å². The highest BCUT2D eigenvalue weighted by molar-refractivity contribution is 5.93. The summed E-state index contributed by atoms with van der Waals surface area (Å²) in [7, 11) is 1.56. The highest BCUT2D eigenvalue weighted by atomic mass is 19.1. The maximum absolute atomic E-state index is 13.4. The van der Waals surface area contributed by atoms with Crippen molar-refractivity contribution in [3.63, 3.8) is 0 Å². The molecule has 0 aromatic heterocycles. The molecule has 1 aromatic carbocycles. The molecule has 0 fully saturated rings. The van der Waals surface area contributed by atoms with Crippen molar-refractivity contribution < 1.29 is 9.18 Å². The molecule has 0 heterocycles. The predicted octanol–water partition coefficient (Wildman–Crippen LogP) is 2.25. The third-order valence-corrected chi connectivity index (χ3v) is 2.06. The van der Waals surface area contributed by atoms with Crippen molar-refractivity contribution in [3.8, 4) is 0 Å². The minimum atomic E-state index is -1.36. The maximum Gasteiger partial charge on any atom is 0.251 e. The van der Waals surface area contributed by atoms with Crippen LogP contribution in [-0.4, -0.2) is 13.0 Å².